The highest BCUT2D eigenvalue weighted by Crippen LogP contribution is 2.15. The Labute approximate surface area is 119 Å². The number of rotatable bonds is 7. The largest absolute Gasteiger partial charge is 0.308 e. The lowest BCUT2D eigenvalue weighted by atomic mass is 10.1. The van der Waals surface area contributed by atoms with Gasteiger partial charge in [0.1, 0.15) is 18.0 Å². The molecule has 6 heteroatoms. The molecule has 0 aromatic carbocycles. The number of hydrogen-bond donors (Lipinski definition) is 1. The van der Waals surface area contributed by atoms with Gasteiger partial charge < -0.3 is 5.32 Å². The summed E-state index contributed by atoms with van der Waals surface area (Å²) in [5.41, 5.74) is 1.01. The number of nitrogens with one attached hydrogen (secondary N) is 1. The zero-order chi connectivity index (χ0) is 14.4. The van der Waals surface area contributed by atoms with Gasteiger partial charge in [-0.2, -0.15) is 5.10 Å². The normalized spacial score (nSPS) is 12.6. The van der Waals surface area contributed by atoms with Crippen LogP contribution < -0.4 is 5.32 Å². The van der Waals surface area contributed by atoms with Gasteiger partial charge in [-0.05, 0) is 32.9 Å². The van der Waals surface area contributed by atoms with E-state index in [4.69, 9.17) is 0 Å². The van der Waals surface area contributed by atoms with Crippen LogP contribution >= 0.6 is 0 Å². The van der Waals surface area contributed by atoms with Gasteiger partial charge in [-0.25, -0.2) is 15.0 Å². The van der Waals surface area contributed by atoms with Gasteiger partial charge in [0, 0.05) is 19.2 Å². The molecule has 2 heterocycles. The van der Waals surface area contributed by atoms with E-state index in [0.717, 1.165) is 43.3 Å². The summed E-state index contributed by atoms with van der Waals surface area (Å²) in [6, 6.07) is 2.11. The second-order valence-corrected chi connectivity index (χ2v) is 4.73. The number of aromatic nitrogens is 5. The molecule has 1 unspecified atom stereocenters. The van der Waals surface area contributed by atoms with Crippen LogP contribution in [-0.4, -0.2) is 31.3 Å². The van der Waals surface area contributed by atoms with Crippen LogP contribution in [0.1, 0.15) is 43.7 Å². The molecule has 2 aromatic heterocycles. The highest BCUT2D eigenvalue weighted by molar-refractivity contribution is 5.10. The molecule has 6 nitrogen and oxygen atoms in total. The zero-order valence-electron chi connectivity index (χ0n) is 12.4. The average Bonchev–Trinajstić information content (AvgIpc) is 2.90. The van der Waals surface area contributed by atoms with Crippen molar-refractivity contribution in [2.24, 2.45) is 0 Å². The van der Waals surface area contributed by atoms with Gasteiger partial charge in [-0.15, -0.1) is 0 Å². The number of aryl methyl sites for hydroxylation is 2. The molecule has 0 bridgehead atoms. The molecule has 2 rings (SSSR count). The van der Waals surface area contributed by atoms with Crippen molar-refractivity contribution in [1.82, 2.24) is 30.0 Å². The predicted molar refractivity (Wildman–Crippen MR) is 77.2 cm³/mol. The molecule has 1 atom stereocenters. The molecule has 0 spiro atoms. The van der Waals surface area contributed by atoms with Crippen LogP contribution in [0.5, 0.6) is 0 Å². The molecule has 0 aliphatic rings. The Kier molecular flexibility index (Phi) is 5.17. The fraction of sp³-hybridized carbons (Fsp3) is 0.571. The minimum absolute atomic E-state index is 0.145. The molecule has 20 heavy (non-hydrogen) atoms. The highest BCUT2D eigenvalue weighted by atomic mass is 15.3. The van der Waals surface area contributed by atoms with E-state index in [0.29, 0.717) is 0 Å². The number of hydrogen-bond acceptors (Lipinski definition) is 5. The Bertz CT molecular complexity index is 536. The molecule has 0 aliphatic carbocycles. The van der Waals surface area contributed by atoms with Crippen LogP contribution in [0.2, 0.25) is 0 Å². The third-order valence-electron chi connectivity index (χ3n) is 3.18. The summed E-state index contributed by atoms with van der Waals surface area (Å²) >= 11 is 0. The Morgan fingerprint density at radius 1 is 1.30 bits per heavy atom. The molecule has 0 radical (unpaired) electrons. The van der Waals surface area contributed by atoms with E-state index in [9.17, 15) is 0 Å². The van der Waals surface area contributed by atoms with Crippen molar-refractivity contribution in [1.29, 1.82) is 0 Å². The summed E-state index contributed by atoms with van der Waals surface area (Å²) in [5.74, 6) is 1.78. The summed E-state index contributed by atoms with van der Waals surface area (Å²) < 4.78 is 1.93. The van der Waals surface area contributed by atoms with Crippen molar-refractivity contribution in [3.63, 3.8) is 0 Å². The summed E-state index contributed by atoms with van der Waals surface area (Å²) in [7, 11) is 0. The zero-order valence-corrected chi connectivity index (χ0v) is 12.4. The molecule has 0 aliphatic heterocycles. The first-order valence-corrected chi connectivity index (χ1v) is 7.14. The highest BCUT2D eigenvalue weighted by Gasteiger charge is 2.16. The van der Waals surface area contributed by atoms with Gasteiger partial charge >= 0.3 is 0 Å². The van der Waals surface area contributed by atoms with Crippen LogP contribution in [0.15, 0.2) is 18.6 Å². The quantitative estimate of drug-likeness (QED) is 0.832. The minimum atomic E-state index is 0.145. The molecule has 0 saturated heterocycles. The summed E-state index contributed by atoms with van der Waals surface area (Å²) in [4.78, 5) is 13.0. The molecular formula is C14H22N6. The maximum atomic E-state index is 4.53. The molecular weight excluding hydrogens is 252 g/mol. The van der Waals surface area contributed by atoms with Crippen molar-refractivity contribution >= 4 is 0 Å². The van der Waals surface area contributed by atoms with Crippen molar-refractivity contribution in [3.05, 3.63) is 35.9 Å². The van der Waals surface area contributed by atoms with E-state index >= 15 is 0 Å². The average molecular weight is 274 g/mol. The first-order chi connectivity index (χ1) is 9.74. The lowest BCUT2D eigenvalue weighted by Gasteiger charge is -2.18. The van der Waals surface area contributed by atoms with Gasteiger partial charge in [0.25, 0.3) is 0 Å². The molecule has 0 fully saturated rings. The third kappa shape index (κ3) is 3.60. The van der Waals surface area contributed by atoms with E-state index in [2.05, 4.69) is 39.2 Å². The van der Waals surface area contributed by atoms with Crippen molar-refractivity contribution in [3.8, 4) is 0 Å². The van der Waals surface area contributed by atoms with E-state index in [1.807, 2.05) is 23.9 Å². The maximum absolute atomic E-state index is 4.53. The summed E-state index contributed by atoms with van der Waals surface area (Å²) in [6.07, 6.45) is 5.29. The van der Waals surface area contributed by atoms with Crippen LogP contribution in [0.4, 0.5) is 0 Å². The molecule has 108 valence electrons. The maximum Gasteiger partial charge on any atom is 0.138 e. The van der Waals surface area contributed by atoms with Crippen LogP contribution in [-0.2, 0) is 13.0 Å². The minimum Gasteiger partial charge on any atom is -0.308 e. The predicted octanol–water partition coefficient (Wildman–Crippen LogP) is 1.68. The smallest absolute Gasteiger partial charge is 0.138 e. The molecule has 0 saturated carbocycles. The fourth-order valence-corrected chi connectivity index (χ4v) is 2.16. The topological polar surface area (TPSA) is 68.5 Å². The third-order valence-corrected chi connectivity index (χ3v) is 3.18. The fourth-order valence-electron chi connectivity index (χ4n) is 2.16. The SMILES string of the molecule is CCCNC(Cc1ncnn1CC)c1ccnc(C)n1. The molecule has 2 aromatic rings. The molecule has 1 N–H and O–H groups in total. The Hall–Kier alpha value is -1.82. The van der Waals surface area contributed by atoms with Gasteiger partial charge in [0.05, 0.1) is 11.7 Å². The van der Waals surface area contributed by atoms with Gasteiger partial charge in [-0.1, -0.05) is 6.92 Å². The number of nitrogens with zero attached hydrogens (tertiary/aromatic N) is 5. The van der Waals surface area contributed by atoms with E-state index in [-0.39, 0.29) is 6.04 Å². The first kappa shape index (κ1) is 14.6. The van der Waals surface area contributed by atoms with E-state index in [1.165, 1.54) is 0 Å². The Morgan fingerprint density at radius 3 is 2.85 bits per heavy atom. The van der Waals surface area contributed by atoms with Gasteiger partial charge in [-0.3, -0.25) is 4.68 Å². The lowest BCUT2D eigenvalue weighted by Crippen LogP contribution is -2.26. The van der Waals surface area contributed by atoms with Gasteiger partial charge in [0.15, 0.2) is 0 Å². The van der Waals surface area contributed by atoms with Crippen LogP contribution in [0, 0.1) is 6.92 Å². The van der Waals surface area contributed by atoms with Crippen LogP contribution in [0.25, 0.3) is 0 Å². The summed E-state index contributed by atoms with van der Waals surface area (Å²) in [5, 5.41) is 7.76. The van der Waals surface area contributed by atoms with E-state index < -0.39 is 0 Å². The lowest BCUT2D eigenvalue weighted by molar-refractivity contribution is 0.486. The Morgan fingerprint density at radius 2 is 2.15 bits per heavy atom. The van der Waals surface area contributed by atoms with Crippen LogP contribution in [0.3, 0.4) is 0 Å². The van der Waals surface area contributed by atoms with Crippen molar-refractivity contribution in [2.45, 2.75) is 46.2 Å². The van der Waals surface area contributed by atoms with E-state index in [1.54, 1.807) is 6.33 Å². The van der Waals surface area contributed by atoms with Crippen molar-refractivity contribution in [2.75, 3.05) is 6.54 Å². The Balaban J connectivity index is 2.19. The standard InChI is InChI=1S/C14H22N6/c1-4-7-16-13(12-6-8-15-11(3)19-12)9-14-17-10-18-20(14)5-2/h6,8,10,13,16H,4-5,7,9H2,1-3H3. The first-order valence-electron chi connectivity index (χ1n) is 7.14. The van der Waals surface area contributed by atoms with Crippen molar-refractivity contribution < 1.29 is 0 Å². The summed E-state index contributed by atoms with van der Waals surface area (Å²) in [6.45, 7) is 7.92. The molecule has 0 amide bonds. The second kappa shape index (κ2) is 7.09. The van der Waals surface area contributed by atoms with Gasteiger partial charge in [0.2, 0.25) is 0 Å². The monoisotopic (exact) mass is 274 g/mol. The second-order valence-electron chi connectivity index (χ2n) is 4.73.